The minimum absolute atomic E-state index is 0.583. The lowest BCUT2D eigenvalue weighted by Crippen LogP contribution is -2.37. The Hall–Kier alpha value is -1.86. The second kappa shape index (κ2) is 6.06. The summed E-state index contributed by atoms with van der Waals surface area (Å²) in [6.45, 7) is 5.70. The molecule has 1 saturated heterocycles. The highest BCUT2D eigenvalue weighted by Gasteiger charge is 2.11. The maximum absolute atomic E-state index is 5.81. The number of nitrogens with zero attached hydrogens (tertiary/aromatic N) is 3. The minimum Gasteiger partial charge on any atom is -0.397 e. The Morgan fingerprint density at radius 2 is 2.00 bits per heavy atom. The Morgan fingerprint density at radius 3 is 2.85 bits per heavy atom. The number of rotatable bonds is 5. The summed E-state index contributed by atoms with van der Waals surface area (Å²) in [6, 6.07) is 3.73. The zero-order valence-electron chi connectivity index (χ0n) is 11.3. The van der Waals surface area contributed by atoms with E-state index in [0.717, 1.165) is 51.5 Å². The molecule has 1 aromatic heterocycles. The van der Waals surface area contributed by atoms with Crippen LogP contribution in [0.25, 0.3) is 11.0 Å². The summed E-state index contributed by atoms with van der Waals surface area (Å²) in [5, 5.41) is 11.1. The molecule has 1 aromatic carbocycles. The van der Waals surface area contributed by atoms with E-state index in [2.05, 4.69) is 20.5 Å². The fraction of sp³-hybridized carbons (Fsp3) is 0.538. The first kappa shape index (κ1) is 13.1. The molecule has 1 fully saturated rings. The molecule has 0 saturated carbocycles. The third kappa shape index (κ3) is 2.83. The predicted octanol–water partition coefficient (Wildman–Crippen LogP) is 0.939. The topological polar surface area (TPSA) is 89.4 Å². The van der Waals surface area contributed by atoms with Crippen molar-refractivity contribution >= 4 is 22.4 Å². The number of hydrogen-bond donors (Lipinski definition) is 2. The monoisotopic (exact) mass is 277 g/mol. The van der Waals surface area contributed by atoms with Crippen LogP contribution in [0.2, 0.25) is 0 Å². The van der Waals surface area contributed by atoms with E-state index in [4.69, 9.17) is 15.1 Å². The number of nitrogens with one attached hydrogen (secondary N) is 1. The number of nitrogens with two attached hydrogens (primary N) is 1. The van der Waals surface area contributed by atoms with Gasteiger partial charge in [-0.2, -0.15) is 0 Å². The molecule has 108 valence electrons. The van der Waals surface area contributed by atoms with E-state index in [1.165, 1.54) is 0 Å². The van der Waals surface area contributed by atoms with Gasteiger partial charge in [-0.25, -0.2) is 4.63 Å². The number of aromatic nitrogens is 2. The summed E-state index contributed by atoms with van der Waals surface area (Å²) in [7, 11) is 0. The summed E-state index contributed by atoms with van der Waals surface area (Å²) < 4.78 is 10.1. The summed E-state index contributed by atoms with van der Waals surface area (Å²) in [4.78, 5) is 2.42. The first-order chi connectivity index (χ1) is 9.84. The second-order valence-electron chi connectivity index (χ2n) is 4.90. The van der Waals surface area contributed by atoms with Crippen LogP contribution in [0.1, 0.15) is 6.42 Å². The van der Waals surface area contributed by atoms with Gasteiger partial charge >= 0.3 is 0 Å². The van der Waals surface area contributed by atoms with Crippen LogP contribution in [-0.4, -0.2) is 54.6 Å². The first-order valence-electron chi connectivity index (χ1n) is 6.89. The van der Waals surface area contributed by atoms with E-state index in [0.29, 0.717) is 16.7 Å². The molecule has 3 N–H and O–H groups in total. The second-order valence-corrected chi connectivity index (χ2v) is 4.90. The molecule has 0 radical (unpaired) electrons. The molecule has 1 aliphatic heterocycles. The molecule has 0 aliphatic carbocycles. The maximum atomic E-state index is 5.81. The summed E-state index contributed by atoms with van der Waals surface area (Å²) in [5.74, 6) is 0. The van der Waals surface area contributed by atoms with Crippen molar-refractivity contribution in [1.82, 2.24) is 15.2 Å². The van der Waals surface area contributed by atoms with E-state index in [1.54, 1.807) is 0 Å². The Kier molecular flexibility index (Phi) is 3.98. The summed E-state index contributed by atoms with van der Waals surface area (Å²) >= 11 is 0. The fourth-order valence-corrected chi connectivity index (χ4v) is 2.38. The number of anilines is 2. The minimum atomic E-state index is 0.583. The average molecular weight is 277 g/mol. The van der Waals surface area contributed by atoms with Gasteiger partial charge in [0, 0.05) is 19.6 Å². The molecule has 0 spiro atoms. The van der Waals surface area contributed by atoms with Gasteiger partial charge in [-0.05, 0) is 35.4 Å². The molecule has 0 amide bonds. The van der Waals surface area contributed by atoms with Crippen LogP contribution in [0.4, 0.5) is 11.4 Å². The van der Waals surface area contributed by atoms with Crippen LogP contribution in [0.5, 0.6) is 0 Å². The summed E-state index contributed by atoms with van der Waals surface area (Å²) in [5.41, 5.74) is 8.62. The van der Waals surface area contributed by atoms with Crippen molar-refractivity contribution in [3.05, 3.63) is 12.1 Å². The van der Waals surface area contributed by atoms with Crippen molar-refractivity contribution in [2.24, 2.45) is 0 Å². The van der Waals surface area contributed by atoms with Crippen molar-refractivity contribution in [2.75, 3.05) is 50.4 Å². The first-order valence-corrected chi connectivity index (χ1v) is 6.89. The van der Waals surface area contributed by atoms with Crippen molar-refractivity contribution in [2.45, 2.75) is 6.42 Å². The largest absolute Gasteiger partial charge is 0.397 e. The van der Waals surface area contributed by atoms with Crippen LogP contribution in [-0.2, 0) is 4.74 Å². The van der Waals surface area contributed by atoms with Crippen LogP contribution in [0, 0.1) is 0 Å². The lowest BCUT2D eigenvalue weighted by atomic mass is 10.2. The lowest BCUT2D eigenvalue weighted by Gasteiger charge is -2.26. The van der Waals surface area contributed by atoms with Crippen LogP contribution < -0.4 is 11.1 Å². The van der Waals surface area contributed by atoms with Crippen molar-refractivity contribution in [3.63, 3.8) is 0 Å². The number of hydrogen-bond acceptors (Lipinski definition) is 7. The Labute approximate surface area is 117 Å². The van der Waals surface area contributed by atoms with Gasteiger partial charge in [0.15, 0.2) is 11.0 Å². The van der Waals surface area contributed by atoms with Gasteiger partial charge in [-0.15, -0.1) is 0 Å². The van der Waals surface area contributed by atoms with Crippen LogP contribution >= 0.6 is 0 Å². The molecule has 2 aromatic rings. The number of benzene rings is 1. The fourth-order valence-electron chi connectivity index (χ4n) is 2.38. The average Bonchev–Trinajstić information content (AvgIpc) is 2.97. The third-order valence-electron chi connectivity index (χ3n) is 3.52. The molecule has 0 unspecified atom stereocenters. The molecule has 0 bridgehead atoms. The van der Waals surface area contributed by atoms with Gasteiger partial charge < -0.3 is 15.8 Å². The molecular formula is C13H19N5O2. The highest BCUT2D eigenvalue weighted by atomic mass is 16.6. The van der Waals surface area contributed by atoms with Crippen molar-refractivity contribution < 1.29 is 9.37 Å². The Bertz CT molecular complexity index is 565. The molecular weight excluding hydrogens is 258 g/mol. The summed E-state index contributed by atoms with van der Waals surface area (Å²) in [6.07, 6.45) is 1.07. The smallest absolute Gasteiger partial charge is 0.160 e. The zero-order chi connectivity index (χ0) is 13.8. The quantitative estimate of drug-likeness (QED) is 0.621. The van der Waals surface area contributed by atoms with E-state index < -0.39 is 0 Å². The lowest BCUT2D eigenvalue weighted by molar-refractivity contribution is 0.0378. The number of nitrogen functional groups attached to an aromatic ring is 1. The standard InChI is InChI=1S/C13H19N5O2/c14-10-2-3-11(13-12(10)16-20-17-13)15-4-1-5-18-6-8-19-9-7-18/h2-3,15H,1,4-9,14H2. The van der Waals surface area contributed by atoms with Crippen molar-refractivity contribution in [1.29, 1.82) is 0 Å². The highest BCUT2D eigenvalue weighted by Crippen LogP contribution is 2.24. The number of ether oxygens (including phenoxy) is 1. The normalized spacial score (nSPS) is 16.6. The van der Waals surface area contributed by atoms with E-state index in [1.807, 2.05) is 12.1 Å². The van der Waals surface area contributed by atoms with Gasteiger partial charge in [0.25, 0.3) is 0 Å². The Morgan fingerprint density at radius 1 is 1.20 bits per heavy atom. The van der Waals surface area contributed by atoms with E-state index in [-0.39, 0.29) is 0 Å². The highest BCUT2D eigenvalue weighted by molar-refractivity contribution is 5.94. The van der Waals surface area contributed by atoms with Gasteiger partial charge in [-0.3, -0.25) is 4.90 Å². The van der Waals surface area contributed by atoms with Gasteiger partial charge in [0.2, 0.25) is 0 Å². The van der Waals surface area contributed by atoms with Crippen LogP contribution in [0.15, 0.2) is 16.8 Å². The molecule has 0 atom stereocenters. The third-order valence-corrected chi connectivity index (χ3v) is 3.52. The molecule has 2 heterocycles. The number of morpholine rings is 1. The SMILES string of the molecule is Nc1ccc(NCCCN2CCOCC2)c2nonc12. The predicted molar refractivity (Wildman–Crippen MR) is 76.6 cm³/mol. The van der Waals surface area contributed by atoms with Gasteiger partial charge in [-0.1, -0.05) is 0 Å². The van der Waals surface area contributed by atoms with Gasteiger partial charge in [0.05, 0.1) is 24.6 Å². The molecule has 1 aliphatic rings. The van der Waals surface area contributed by atoms with Crippen molar-refractivity contribution in [3.8, 4) is 0 Å². The molecule has 7 heteroatoms. The molecule has 3 rings (SSSR count). The Balaban J connectivity index is 1.52. The number of fused-ring (bicyclic) bond motifs is 1. The van der Waals surface area contributed by atoms with E-state index in [9.17, 15) is 0 Å². The maximum Gasteiger partial charge on any atom is 0.160 e. The van der Waals surface area contributed by atoms with E-state index >= 15 is 0 Å². The van der Waals surface area contributed by atoms with Gasteiger partial charge in [0.1, 0.15) is 0 Å². The van der Waals surface area contributed by atoms with Crippen LogP contribution in [0.3, 0.4) is 0 Å². The molecule has 7 nitrogen and oxygen atoms in total. The molecule has 20 heavy (non-hydrogen) atoms. The zero-order valence-corrected chi connectivity index (χ0v) is 11.3.